The van der Waals surface area contributed by atoms with Crippen LogP contribution in [0.5, 0.6) is 0 Å². The Bertz CT molecular complexity index is 1360. The van der Waals surface area contributed by atoms with Gasteiger partial charge in [-0.25, -0.2) is 9.18 Å². The van der Waals surface area contributed by atoms with E-state index >= 15 is 0 Å². The lowest BCUT2D eigenvalue weighted by molar-refractivity contribution is 0.0937. The minimum Gasteiger partial charge on any atom is -0.394 e. The van der Waals surface area contributed by atoms with Gasteiger partial charge < -0.3 is 15.7 Å². The first kappa shape index (κ1) is 22.8. The van der Waals surface area contributed by atoms with Gasteiger partial charge in [0.2, 0.25) is 0 Å². The van der Waals surface area contributed by atoms with Crippen LogP contribution in [0.3, 0.4) is 0 Å². The molecule has 0 bridgehead atoms. The van der Waals surface area contributed by atoms with Crippen molar-refractivity contribution in [3.63, 3.8) is 0 Å². The van der Waals surface area contributed by atoms with Gasteiger partial charge in [0.15, 0.2) is 0 Å². The topological polar surface area (TPSA) is 112 Å². The molecule has 1 unspecified atom stereocenters. The van der Waals surface area contributed by atoms with E-state index in [1.165, 1.54) is 16.8 Å². The van der Waals surface area contributed by atoms with Crippen molar-refractivity contribution in [2.45, 2.75) is 37.8 Å². The molecule has 5 rings (SSSR count). The Hall–Kier alpha value is -3.98. The number of aromatic nitrogens is 3. The molecule has 0 radical (unpaired) electrons. The van der Waals surface area contributed by atoms with Gasteiger partial charge >= 0.3 is 6.03 Å². The highest BCUT2D eigenvalue weighted by Crippen LogP contribution is 2.28. The molecule has 180 valence electrons. The number of aliphatic hydroxyl groups excluding tert-OH is 1. The molecule has 2 amide bonds. The van der Waals surface area contributed by atoms with Gasteiger partial charge in [-0.15, -0.1) is 0 Å². The highest BCUT2D eigenvalue weighted by molar-refractivity contribution is 5.95. The van der Waals surface area contributed by atoms with Gasteiger partial charge in [0.05, 0.1) is 24.4 Å². The zero-order chi connectivity index (χ0) is 24.4. The summed E-state index contributed by atoms with van der Waals surface area (Å²) in [6, 6.07) is 10.5. The summed E-state index contributed by atoms with van der Waals surface area (Å²) in [7, 11) is 0. The number of amides is 2. The molecule has 35 heavy (non-hydrogen) atoms. The van der Waals surface area contributed by atoms with E-state index in [2.05, 4.69) is 20.8 Å². The van der Waals surface area contributed by atoms with Gasteiger partial charge in [0.25, 0.3) is 5.91 Å². The Kier molecular flexibility index (Phi) is 6.33. The number of aliphatic hydroxyl groups is 1. The fourth-order valence-electron chi connectivity index (χ4n) is 4.64. The molecule has 4 N–H and O–H groups in total. The predicted molar refractivity (Wildman–Crippen MR) is 129 cm³/mol. The van der Waals surface area contributed by atoms with Crippen molar-refractivity contribution in [3.05, 3.63) is 78.0 Å². The molecular weight excluding hydrogens is 449 g/mol. The van der Waals surface area contributed by atoms with Crippen LogP contribution in [0, 0.1) is 5.82 Å². The molecule has 2 heterocycles. The molecule has 1 atom stereocenters. The van der Waals surface area contributed by atoms with Crippen LogP contribution >= 0.6 is 0 Å². The summed E-state index contributed by atoms with van der Waals surface area (Å²) < 4.78 is 16.1. The molecule has 1 aliphatic carbocycles. The zero-order valence-corrected chi connectivity index (χ0v) is 19.0. The van der Waals surface area contributed by atoms with Crippen molar-refractivity contribution < 1.29 is 19.1 Å². The molecule has 4 aromatic rings. The van der Waals surface area contributed by atoms with Crippen molar-refractivity contribution in [2.24, 2.45) is 0 Å². The Morgan fingerprint density at radius 1 is 1.20 bits per heavy atom. The Balaban J connectivity index is 1.35. The number of fused-ring (bicyclic) bond motifs is 1. The molecule has 0 spiro atoms. The number of hydrogen-bond acceptors (Lipinski definition) is 4. The van der Waals surface area contributed by atoms with Gasteiger partial charge in [0, 0.05) is 40.5 Å². The highest BCUT2D eigenvalue weighted by atomic mass is 19.1. The third kappa shape index (κ3) is 4.67. The number of nitrogens with zero attached hydrogens (tertiary/aromatic N) is 2. The smallest absolute Gasteiger partial charge is 0.326 e. The second kappa shape index (κ2) is 9.71. The van der Waals surface area contributed by atoms with Crippen LogP contribution in [-0.2, 0) is 0 Å². The number of benzene rings is 2. The number of H-pyrrole nitrogens is 1. The summed E-state index contributed by atoms with van der Waals surface area (Å²) in [6.07, 6.45) is 8.88. The van der Waals surface area contributed by atoms with Gasteiger partial charge in [-0.2, -0.15) is 5.10 Å². The van der Waals surface area contributed by atoms with E-state index in [9.17, 15) is 19.1 Å². The van der Waals surface area contributed by atoms with Crippen LogP contribution in [0.4, 0.5) is 9.18 Å². The molecule has 1 aliphatic rings. The van der Waals surface area contributed by atoms with Crippen LogP contribution in [0.1, 0.15) is 47.6 Å². The summed E-state index contributed by atoms with van der Waals surface area (Å²) in [4.78, 5) is 25.7. The van der Waals surface area contributed by atoms with Crippen molar-refractivity contribution in [3.8, 4) is 11.1 Å². The summed E-state index contributed by atoms with van der Waals surface area (Å²) >= 11 is 0. The Morgan fingerprint density at radius 3 is 2.77 bits per heavy atom. The molecule has 0 saturated heterocycles. The average Bonchev–Trinajstić information content (AvgIpc) is 3.64. The van der Waals surface area contributed by atoms with E-state index in [0.717, 1.165) is 25.7 Å². The quantitative estimate of drug-likeness (QED) is 0.336. The van der Waals surface area contributed by atoms with Crippen molar-refractivity contribution in [1.29, 1.82) is 0 Å². The average molecular weight is 476 g/mol. The van der Waals surface area contributed by atoms with Crippen molar-refractivity contribution in [2.75, 3.05) is 6.61 Å². The second-order valence-electron chi connectivity index (χ2n) is 8.83. The molecule has 9 heteroatoms. The maximum absolute atomic E-state index is 14.8. The minimum atomic E-state index is -0.741. The van der Waals surface area contributed by atoms with E-state index < -0.39 is 17.9 Å². The van der Waals surface area contributed by atoms with Crippen LogP contribution < -0.4 is 10.6 Å². The van der Waals surface area contributed by atoms with E-state index in [0.29, 0.717) is 33.2 Å². The number of halogens is 1. The fourth-order valence-corrected chi connectivity index (χ4v) is 4.64. The standard InChI is InChI=1S/C26H26FN5O3/c27-22-12-24-17(11-21(22)19-13-28-29-14-19)8-9-32(24)26(35)31-23(15-33)16-4-3-5-18(10-16)25(34)30-20-6-1-2-7-20/h3-5,8-14,20,23,33H,1-2,6-7,15H2,(H,28,29)(H,30,34)(H,31,35). The first-order valence-corrected chi connectivity index (χ1v) is 11.7. The monoisotopic (exact) mass is 475 g/mol. The number of carbonyl (C=O) groups excluding carboxylic acids is 2. The van der Waals surface area contributed by atoms with E-state index in [1.54, 1.807) is 48.8 Å². The largest absolute Gasteiger partial charge is 0.394 e. The molecule has 1 saturated carbocycles. The number of hydrogen-bond donors (Lipinski definition) is 4. The van der Waals surface area contributed by atoms with E-state index in [4.69, 9.17) is 0 Å². The first-order chi connectivity index (χ1) is 17.0. The normalized spacial score (nSPS) is 14.8. The van der Waals surface area contributed by atoms with Crippen molar-refractivity contribution in [1.82, 2.24) is 25.4 Å². The van der Waals surface area contributed by atoms with Gasteiger partial charge in [-0.1, -0.05) is 25.0 Å². The lowest BCUT2D eigenvalue weighted by Gasteiger charge is -2.19. The number of nitrogens with one attached hydrogen (secondary N) is 3. The van der Waals surface area contributed by atoms with Crippen LogP contribution in [-0.4, -0.2) is 44.5 Å². The Morgan fingerprint density at radius 2 is 2.03 bits per heavy atom. The van der Waals surface area contributed by atoms with Gasteiger partial charge in [0.1, 0.15) is 5.82 Å². The third-order valence-electron chi connectivity index (χ3n) is 6.53. The molecular formula is C26H26FN5O3. The Labute approximate surface area is 201 Å². The van der Waals surface area contributed by atoms with Gasteiger partial charge in [-0.05, 0) is 48.7 Å². The third-order valence-corrected chi connectivity index (χ3v) is 6.53. The van der Waals surface area contributed by atoms with Crippen LogP contribution in [0.25, 0.3) is 22.0 Å². The molecule has 2 aromatic heterocycles. The SMILES string of the molecule is O=C(NC1CCCC1)c1cccc(C(CO)NC(=O)n2ccc3cc(-c4cn[nH]c4)c(F)cc32)c1. The first-order valence-electron chi connectivity index (χ1n) is 11.7. The maximum atomic E-state index is 14.8. The molecule has 1 fully saturated rings. The summed E-state index contributed by atoms with van der Waals surface area (Å²) in [5, 5.41) is 23.0. The second-order valence-corrected chi connectivity index (χ2v) is 8.83. The van der Waals surface area contributed by atoms with E-state index in [-0.39, 0.29) is 18.6 Å². The predicted octanol–water partition coefficient (Wildman–Crippen LogP) is 4.13. The fraction of sp³-hybridized carbons (Fsp3) is 0.269. The summed E-state index contributed by atoms with van der Waals surface area (Å²) in [5.41, 5.74) is 2.46. The number of rotatable bonds is 6. The lowest BCUT2D eigenvalue weighted by atomic mass is 10.0. The van der Waals surface area contributed by atoms with Gasteiger partial charge in [-0.3, -0.25) is 14.5 Å². The van der Waals surface area contributed by atoms with Crippen molar-refractivity contribution >= 4 is 22.8 Å². The van der Waals surface area contributed by atoms with Crippen LogP contribution in [0.15, 0.2) is 61.1 Å². The zero-order valence-electron chi connectivity index (χ0n) is 19.0. The minimum absolute atomic E-state index is 0.165. The summed E-state index contributed by atoms with van der Waals surface area (Å²) in [5.74, 6) is -0.645. The highest BCUT2D eigenvalue weighted by Gasteiger charge is 2.21. The maximum Gasteiger partial charge on any atom is 0.326 e. The number of carbonyl (C=O) groups is 2. The number of aromatic amines is 1. The van der Waals surface area contributed by atoms with E-state index in [1.807, 2.05) is 0 Å². The summed E-state index contributed by atoms with van der Waals surface area (Å²) in [6.45, 7) is -0.363. The lowest BCUT2D eigenvalue weighted by Crippen LogP contribution is -2.34. The van der Waals surface area contributed by atoms with Crippen LogP contribution in [0.2, 0.25) is 0 Å². The molecule has 0 aliphatic heterocycles. The molecule has 2 aromatic carbocycles. The molecule has 8 nitrogen and oxygen atoms in total.